The molecule has 0 unspecified atom stereocenters. The highest BCUT2D eigenvalue weighted by atomic mass is 19.1. The highest BCUT2D eigenvalue weighted by molar-refractivity contribution is 5.95. The van der Waals surface area contributed by atoms with Gasteiger partial charge in [0.25, 0.3) is 5.91 Å². The molecule has 2 aromatic heterocycles. The molecule has 202 valence electrons. The average molecular weight is 538 g/mol. The van der Waals surface area contributed by atoms with Crippen LogP contribution in [0.3, 0.4) is 0 Å². The molecule has 5 aromatic rings. The summed E-state index contributed by atoms with van der Waals surface area (Å²) in [6.07, 6.45) is 3.40. The van der Waals surface area contributed by atoms with E-state index >= 15 is 0 Å². The minimum Gasteiger partial charge on any atom is -0.495 e. The lowest BCUT2D eigenvalue weighted by molar-refractivity contribution is 0.0951. The molecule has 3 heterocycles. The van der Waals surface area contributed by atoms with Gasteiger partial charge in [0.15, 0.2) is 5.65 Å². The Balaban J connectivity index is 1.17. The maximum absolute atomic E-state index is 13.5. The second-order valence-corrected chi connectivity index (χ2v) is 9.50. The third-order valence-electron chi connectivity index (χ3n) is 7.05. The number of amides is 1. The van der Waals surface area contributed by atoms with E-state index in [0.29, 0.717) is 30.0 Å². The standard InChI is InChI=1S/C30H28FN7O2/c1-40-27-11-10-22(30(39)32-18-21-6-5-7-23(31)16-21)17-26(27)36-12-14-37(15-13-36)28-25-19-35-38(29(25)34-20-33-28)24-8-3-2-4-9-24/h2-11,16-17,19-20H,12-15,18H2,1H3,(H,32,39). The molecule has 1 amide bonds. The number of halogens is 1. The average Bonchev–Trinajstić information content (AvgIpc) is 3.45. The van der Waals surface area contributed by atoms with Crippen molar-refractivity contribution < 1.29 is 13.9 Å². The highest BCUT2D eigenvalue weighted by Crippen LogP contribution is 2.32. The number of anilines is 2. The van der Waals surface area contributed by atoms with Gasteiger partial charge in [-0.3, -0.25) is 4.79 Å². The van der Waals surface area contributed by atoms with Gasteiger partial charge in [0.2, 0.25) is 0 Å². The van der Waals surface area contributed by atoms with E-state index in [1.807, 2.05) is 53.3 Å². The van der Waals surface area contributed by atoms with E-state index in [1.54, 1.807) is 31.6 Å². The molecule has 1 N–H and O–H groups in total. The second-order valence-electron chi connectivity index (χ2n) is 9.50. The summed E-state index contributed by atoms with van der Waals surface area (Å²) in [5, 5.41) is 8.35. The van der Waals surface area contributed by atoms with Gasteiger partial charge in [-0.1, -0.05) is 30.3 Å². The number of hydrogen-bond donors (Lipinski definition) is 1. The number of hydrogen-bond acceptors (Lipinski definition) is 7. The Hall–Kier alpha value is -4.99. The van der Waals surface area contributed by atoms with Gasteiger partial charge >= 0.3 is 0 Å². The van der Waals surface area contributed by atoms with Crippen LogP contribution in [-0.4, -0.2) is 58.9 Å². The van der Waals surface area contributed by atoms with Crippen LogP contribution in [0.2, 0.25) is 0 Å². The first-order valence-electron chi connectivity index (χ1n) is 13.1. The number of carbonyl (C=O) groups excluding carboxylic acids is 1. The molecule has 1 saturated heterocycles. The topological polar surface area (TPSA) is 88.4 Å². The fourth-order valence-corrected chi connectivity index (χ4v) is 5.01. The van der Waals surface area contributed by atoms with Crippen molar-refractivity contribution in [1.82, 2.24) is 25.1 Å². The number of benzene rings is 3. The van der Waals surface area contributed by atoms with Gasteiger partial charge in [0.1, 0.15) is 23.7 Å². The molecule has 0 bridgehead atoms. The van der Waals surface area contributed by atoms with Gasteiger partial charge in [-0.2, -0.15) is 5.10 Å². The summed E-state index contributed by atoms with van der Waals surface area (Å²) in [5.41, 5.74) is 3.77. The first-order chi connectivity index (χ1) is 19.6. The van der Waals surface area contributed by atoms with E-state index < -0.39 is 0 Å². The molecule has 1 aliphatic heterocycles. The van der Waals surface area contributed by atoms with Crippen molar-refractivity contribution >= 4 is 28.4 Å². The summed E-state index contributed by atoms with van der Waals surface area (Å²) in [7, 11) is 1.63. The Bertz CT molecular complexity index is 1650. The number of fused-ring (bicyclic) bond motifs is 1. The molecule has 1 aliphatic rings. The molecule has 10 heteroatoms. The maximum Gasteiger partial charge on any atom is 0.251 e. The third-order valence-corrected chi connectivity index (χ3v) is 7.05. The molecule has 0 aliphatic carbocycles. The fraction of sp³-hybridized carbons (Fsp3) is 0.200. The van der Waals surface area contributed by atoms with Crippen LogP contribution in [0.25, 0.3) is 16.7 Å². The van der Waals surface area contributed by atoms with Crippen LogP contribution in [-0.2, 0) is 6.54 Å². The minimum absolute atomic E-state index is 0.231. The summed E-state index contributed by atoms with van der Waals surface area (Å²) in [6.45, 7) is 3.11. The van der Waals surface area contributed by atoms with Gasteiger partial charge in [-0.15, -0.1) is 0 Å². The number of piperazine rings is 1. The number of nitrogens with one attached hydrogen (secondary N) is 1. The zero-order valence-electron chi connectivity index (χ0n) is 22.0. The van der Waals surface area contributed by atoms with Crippen molar-refractivity contribution in [2.24, 2.45) is 0 Å². The minimum atomic E-state index is -0.328. The normalized spacial score (nSPS) is 13.4. The molecular weight excluding hydrogens is 509 g/mol. The summed E-state index contributed by atoms with van der Waals surface area (Å²) >= 11 is 0. The predicted octanol–water partition coefficient (Wildman–Crippen LogP) is 4.22. The van der Waals surface area contributed by atoms with E-state index in [4.69, 9.17) is 4.74 Å². The molecule has 0 spiro atoms. The monoisotopic (exact) mass is 537 g/mol. The van der Waals surface area contributed by atoms with E-state index in [-0.39, 0.29) is 18.3 Å². The lowest BCUT2D eigenvalue weighted by Crippen LogP contribution is -2.47. The van der Waals surface area contributed by atoms with Gasteiger partial charge in [0, 0.05) is 38.3 Å². The molecule has 0 atom stereocenters. The van der Waals surface area contributed by atoms with Gasteiger partial charge < -0.3 is 19.9 Å². The number of ether oxygens (including phenoxy) is 1. The van der Waals surface area contributed by atoms with Crippen LogP contribution in [0, 0.1) is 5.82 Å². The fourth-order valence-electron chi connectivity index (χ4n) is 5.01. The molecule has 0 radical (unpaired) electrons. The predicted molar refractivity (Wildman–Crippen MR) is 152 cm³/mol. The number of methoxy groups -OCH3 is 1. The van der Waals surface area contributed by atoms with Crippen LogP contribution in [0.5, 0.6) is 5.75 Å². The molecule has 40 heavy (non-hydrogen) atoms. The van der Waals surface area contributed by atoms with Gasteiger partial charge in [-0.05, 0) is 48.0 Å². The summed E-state index contributed by atoms with van der Waals surface area (Å²) < 4.78 is 20.9. The summed E-state index contributed by atoms with van der Waals surface area (Å²) in [4.78, 5) is 26.5. The Morgan fingerprint density at radius 3 is 2.52 bits per heavy atom. The zero-order valence-corrected chi connectivity index (χ0v) is 22.0. The first kappa shape index (κ1) is 25.3. The van der Waals surface area contributed by atoms with Crippen molar-refractivity contribution in [2.45, 2.75) is 6.54 Å². The Kier molecular flexibility index (Phi) is 6.96. The van der Waals surface area contributed by atoms with Crippen molar-refractivity contribution in [3.63, 3.8) is 0 Å². The van der Waals surface area contributed by atoms with Crippen molar-refractivity contribution in [2.75, 3.05) is 43.1 Å². The smallest absolute Gasteiger partial charge is 0.251 e. The number of para-hydroxylation sites is 1. The molecule has 3 aromatic carbocycles. The Morgan fingerprint density at radius 2 is 1.75 bits per heavy atom. The van der Waals surface area contributed by atoms with E-state index in [0.717, 1.165) is 41.3 Å². The van der Waals surface area contributed by atoms with Crippen molar-refractivity contribution in [1.29, 1.82) is 0 Å². The van der Waals surface area contributed by atoms with Crippen LogP contribution in [0.4, 0.5) is 15.9 Å². The second kappa shape index (κ2) is 11.0. The van der Waals surface area contributed by atoms with E-state index in [1.165, 1.54) is 12.1 Å². The summed E-state index contributed by atoms with van der Waals surface area (Å²) in [5.74, 6) is 0.990. The summed E-state index contributed by atoms with van der Waals surface area (Å²) in [6, 6.07) is 21.5. The third kappa shape index (κ3) is 5.03. The lowest BCUT2D eigenvalue weighted by atomic mass is 10.1. The first-order valence-corrected chi connectivity index (χ1v) is 13.1. The SMILES string of the molecule is COc1ccc(C(=O)NCc2cccc(F)c2)cc1N1CCN(c2ncnc3c2cnn3-c2ccccc2)CC1. The van der Waals surface area contributed by atoms with Crippen LogP contribution in [0.1, 0.15) is 15.9 Å². The number of carbonyl (C=O) groups is 1. The number of rotatable bonds is 7. The lowest BCUT2D eigenvalue weighted by Gasteiger charge is -2.37. The van der Waals surface area contributed by atoms with E-state index in [9.17, 15) is 9.18 Å². The molecule has 6 rings (SSSR count). The molecule has 0 saturated carbocycles. The van der Waals surface area contributed by atoms with Crippen LogP contribution >= 0.6 is 0 Å². The number of nitrogens with zero attached hydrogens (tertiary/aromatic N) is 6. The molecule has 9 nitrogen and oxygen atoms in total. The Labute approximate surface area is 230 Å². The largest absolute Gasteiger partial charge is 0.495 e. The van der Waals surface area contributed by atoms with Crippen LogP contribution < -0.4 is 19.9 Å². The zero-order chi connectivity index (χ0) is 27.5. The van der Waals surface area contributed by atoms with Crippen molar-refractivity contribution in [3.05, 3.63) is 102 Å². The highest BCUT2D eigenvalue weighted by Gasteiger charge is 2.24. The van der Waals surface area contributed by atoms with E-state index in [2.05, 4.69) is 30.2 Å². The maximum atomic E-state index is 13.5. The molecule has 1 fully saturated rings. The quantitative estimate of drug-likeness (QED) is 0.333. The van der Waals surface area contributed by atoms with Gasteiger partial charge in [-0.25, -0.2) is 19.0 Å². The van der Waals surface area contributed by atoms with Gasteiger partial charge in [0.05, 0.1) is 30.1 Å². The number of aromatic nitrogens is 4. The Morgan fingerprint density at radius 1 is 0.950 bits per heavy atom. The van der Waals surface area contributed by atoms with Crippen molar-refractivity contribution in [3.8, 4) is 11.4 Å². The van der Waals surface area contributed by atoms with Crippen LogP contribution in [0.15, 0.2) is 85.3 Å². The molecular formula is C30H28FN7O2.